The summed E-state index contributed by atoms with van der Waals surface area (Å²) in [5.74, 6) is 1.19. The second-order valence-corrected chi connectivity index (χ2v) is 9.37. The van der Waals surface area contributed by atoms with Gasteiger partial charge in [0.15, 0.2) is 11.5 Å². The van der Waals surface area contributed by atoms with Crippen molar-refractivity contribution in [2.45, 2.75) is 13.0 Å². The SMILES string of the molecule is COc1ccc(-c2nc(C)c(C(=O)NCC(c3cccs3)N3CCOCC3)s2)cc1OC. The Morgan fingerprint density at radius 1 is 1.22 bits per heavy atom. The highest BCUT2D eigenvalue weighted by atomic mass is 32.1. The second kappa shape index (κ2) is 10.4. The number of carbonyl (C=O) groups is 1. The molecule has 1 aliphatic heterocycles. The maximum atomic E-state index is 13.1. The van der Waals surface area contributed by atoms with Crippen molar-refractivity contribution in [3.05, 3.63) is 51.2 Å². The molecule has 4 rings (SSSR count). The number of morpholine rings is 1. The van der Waals surface area contributed by atoms with Gasteiger partial charge in [0.25, 0.3) is 5.91 Å². The molecule has 170 valence electrons. The number of carbonyl (C=O) groups excluding carboxylic acids is 1. The number of thiazole rings is 1. The van der Waals surface area contributed by atoms with E-state index in [0.717, 1.165) is 42.6 Å². The van der Waals surface area contributed by atoms with Crippen molar-refractivity contribution in [2.75, 3.05) is 47.1 Å². The van der Waals surface area contributed by atoms with E-state index in [1.54, 1.807) is 25.6 Å². The maximum absolute atomic E-state index is 13.1. The molecular formula is C23H27N3O4S2. The van der Waals surface area contributed by atoms with E-state index in [1.807, 2.05) is 25.1 Å². The van der Waals surface area contributed by atoms with E-state index in [2.05, 4.69) is 32.7 Å². The fourth-order valence-corrected chi connectivity index (χ4v) is 5.59. The van der Waals surface area contributed by atoms with Crippen LogP contribution in [0.4, 0.5) is 0 Å². The van der Waals surface area contributed by atoms with Gasteiger partial charge in [-0.1, -0.05) is 6.07 Å². The number of nitrogens with one attached hydrogen (secondary N) is 1. The maximum Gasteiger partial charge on any atom is 0.263 e. The molecule has 0 bridgehead atoms. The fraction of sp³-hybridized carbons (Fsp3) is 0.391. The second-order valence-electron chi connectivity index (χ2n) is 7.39. The summed E-state index contributed by atoms with van der Waals surface area (Å²) in [4.78, 5) is 22.0. The van der Waals surface area contributed by atoms with Crippen molar-refractivity contribution in [1.82, 2.24) is 15.2 Å². The van der Waals surface area contributed by atoms with Gasteiger partial charge in [0.2, 0.25) is 0 Å². The largest absolute Gasteiger partial charge is 0.493 e. The lowest BCUT2D eigenvalue weighted by atomic mass is 10.2. The van der Waals surface area contributed by atoms with Gasteiger partial charge in [0.05, 0.1) is 39.2 Å². The monoisotopic (exact) mass is 473 g/mol. The van der Waals surface area contributed by atoms with Crippen LogP contribution in [0.3, 0.4) is 0 Å². The molecule has 1 N–H and O–H groups in total. The number of thiophene rings is 1. The predicted molar refractivity (Wildman–Crippen MR) is 127 cm³/mol. The van der Waals surface area contributed by atoms with E-state index < -0.39 is 0 Å². The van der Waals surface area contributed by atoms with Gasteiger partial charge in [0, 0.05) is 30.1 Å². The standard InChI is InChI=1S/C23H27N3O4S2/c1-15-21(32-23(25-15)16-6-7-18(28-2)19(13-16)29-3)22(27)24-14-17(20-5-4-12-31-20)26-8-10-30-11-9-26/h4-7,12-13,17H,8-11,14H2,1-3H3,(H,24,27). The number of methoxy groups -OCH3 is 2. The molecule has 0 aliphatic carbocycles. The summed E-state index contributed by atoms with van der Waals surface area (Å²) in [5.41, 5.74) is 1.61. The van der Waals surface area contributed by atoms with E-state index in [4.69, 9.17) is 14.2 Å². The summed E-state index contributed by atoms with van der Waals surface area (Å²) in [6, 6.07) is 9.97. The number of aryl methyl sites for hydroxylation is 1. The minimum Gasteiger partial charge on any atom is -0.493 e. The van der Waals surface area contributed by atoms with Crippen LogP contribution in [0.1, 0.15) is 26.3 Å². The van der Waals surface area contributed by atoms with E-state index in [1.165, 1.54) is 16.2 Å². The van der Waals surface area contributed by atoms with E-state index in [0.29, 0.717) is 22.9 Å². The predicted octanol–water partition coefficient (Wildman–Crippen LogP) is 4.00. The average Bonchev–Trinajstić information content (AvgIpc) is 3.49. The van der Waals surface area contributed by atoms with Gasteiger partial charge in [-0.25, -0.2) is 4.98 Å². The van der Waals surface area contributed by atoms with Crippen molar-refractivity contribution >= 4 is 28.6 Å². The molecule has 0 saturated carbocycles. The first-order valence-corrected chi connectivity index (χ1v) is 12.1. The molecule has 2 aromatic heterocycles. The number of hydrogen-bond donors (Lipinski definition) is 1. The van der Waals surface area contributed by atoms with Gasteiger partial charge in [-0.3, -0.25) is 9.69 Å². The van der Waals surface area contributed by atoms with Gasteiger partial charge < -0.3 is 19.5 Å². The van der Waals surface area contributed by atoms with Gasteiger partial charge >= 0.3 is 0 Å². The van der Waals surface area contributed by atoms with Crippen LogP contribution in [0, 0.1) is 6.92 Å². The fourth-order valence-electron chi connectivity index (χ4n) is 3.75. The lowest BCUT2D eigenvalue weighted by Crippen LogP contribution is -2.43. The number of hydrogen-bond acceptors (Lipinski definition) is 8. The summed E-state index contributed by atoms with van der Waals surface area (Å²) < 4.78 is 16.2. The Morgan fingerprint density at radius 2 is 2.00 bits per heavy atom. The van der Waals surface area contributed by atoms with E-state index in [-0.39, 0.29) is 11.9 Å². The van der Waals surface area contributed by atoms with Crippen LogP contribution < -0.4 is 14.8 Å². The number of aromatic nitrogens is 1. The summed E-state index contributed by atoms with van der Waals surface area (Å²) in [5, 5.41) is 5.99. The zero-order valence-electron chi connectivity index (χ0n) is 18.4. The van der Waals surface area contributed by atoms with Crippen molar-refractivity contribution in [2.24, 2.45) is 0 Å². The molecule has 32 heavy (non-hydrogen) atoms. The molecule has 1 aliphatic rings. The molecule has 0 radical (unpaired) electrons. The topological polar surface area (TPSA) is 72.9 Å². The van der Waals surface area contributed by atoms with E-state index in [9.17, 15) is 4.79 Å². The third-order valence-electron chi connectivity index (χ3n) is 5.45. The van der Waals surface area contributed by atoms with Gasteiger partial charge in [0.1, 0.15) is 9.88 Å². The van der Waals surface area contributed by atoms with Gasteiger partial charge in [-0.2, -0.15) is 0 Å². The Kier molecular flexibility index (Phi) is 7.41. The summed E-state index contributed by atoms with van der Waals surface area (Å²) >= 11 is 3.11. The van der Waals surface area contributed by atoms with Crippen LogP contribution in [0.25, 0.3) is 10.6 Å². The van der Waals surface area contributed by atoms with Crippen LogP contribution in [0.5, 0.6) is 11.5 Å². The number of amides is 1. The van der Waals surface area contributed by atoms with Crippen LogP contribution in [0.15, 0.2) is 35.7 Å². The van der Waals surface area contributed by atoms with Crippen LogP contribution >= 0.6 is 22.7 Å². The minimum absolute atomic E-state index is 0.0958. The Hall–Kier alpha value is -2.46. The molecule has 9 heteroatoms. The van der Waals surface area contributed by atoms with Crippen LogP contribution in [-0.2, 0) is 4.74 Å². The minimum atomic E-state index is -0.0958. The number of nitrogens with zero attached hydrogens (tertiary/aromatic N) is 2. The Morgan fingerprint density at radius 3 is 2.69 bits per heavy atom. The molecule has 3 heterocycles. The molecule has 0 spiro atoms. The van der Waals surface area contributed by atoms with Crippen molar-refractivity contribution in [3.63, 3.8) is 0 Å². The molecular weight excluding hydrogens is 446 g/mol. The molecule has 1 amide bonds. The molecule has 1 atom stereocenters. The first-order chi connectivity index (χ1) is 15.6. The third kappa shape index (κ3) is 4.96. The van der Waals surface area contributed by atoms with Gasteiger partial charge in [-0.05, 0) is 36.6 Å². The Labute approximate surface area is 196 Å². The zero-order chi connectivity index (χ0) is 22.5. The van der Waals surface area contributed by atoms with Crippen molar-refractivity contribution in [1.29, 1.82) is 0 Å². The summed E-state index contributed by atoms with van der Waals surface area (Å²) in [6.07, 6.45) is 0. The lowest BCUT2D eigenvalue weighted by molar-refractivity contribution is 0.0169. The first kappa shape index (κ1) is 22.7. The number of benzene rings is 1. The molecule has 1 unspecified atom stereocenters. The summed E-state index contributed by atoms with van der Waals surface area (Å²) in [6.45, 7) is 5.58. The van der Waals surface area contributed by atoms with Crippen molar-refractivity contribution in [3.8, 4) is 22.1 Å². The van der Waals surface area contributed by atoms with Crippen LogP contribution in [-0.4, -0.2) is 62.9 Å². The highest BCUT2D eigenvalue weighted by molar-refractivity contribution is 7.17. The lowest BCUT2D eigenvalue weighted by Gasteiger charge is -2.34. The Balaban J connectivity index is 1.49. The average molecular weight is 474 g/mol. The first-order valence-electron chi connectivity index (χ1n) is 10.4. The number of ether oxygens (including phenoxy) is 3. The van der Waals surface area contributed by atoms with E-state index >= 15 is 0 Å². The molecule has 1 saturated heterocycles. The zero-order valence-corrected chi connectivity index (χ0v) is 20.1. The highest BCUT2D eigenvalue weighted by Crippen LogP contribution is 2.35. The molecule has 3 aromatic rings. The highest BCUT2D eigenvalue weighted by Gasteiger charge is 2.25. The molecule has 7 nitrogen and oxygen atoms in total. The number of rotatable bonds is 8. The van der Waals surface area contributed by atoms with Gasteiger partial charge in [-0.15, -0.1) is 22.7 Å². The van der Waals surface area contributed by atoms with Crippen molar-refractivity contribution < 1.29 is 19.0 Å². The summed E-state index contributed by atoms with van der Waals surface area (Å²) in [7, 11) is 3.21. The molecule has 1 fully saturated rings. The Bertz CT molecular complexity index is 1050. The van der Waals surface area contributed by atoms with Crippen LogP contribution in [0.2, 0.25) is 0 Å². The smallest absolute Gasteiger partial charge is 0.263 e. The normalized spacial score (nSPS) is 15.3. The quantitative estimate of drug-likeness (QED) is 0.533. The molecule has 1 aromatic carbocycles. The third-order valence-corrected chi connectivity index (χ3v) is 7.63.